The van der Waals surface area contributed by atoms with Gasteiger partial charge in [0.05, 0.1) is 0 Å². The van der Waals surface area contributed by atoms with Crippen molar-refractivity contribution in [3.63, 3.8) is 0 Å². The largest absolute Gasteiger partial charge is 0.311 e. The average Bonchev–Trinajstić information content (AvgIpc) is 2.15. The van der Waals surface area contributed by atoms with Gasteiger partial charge in [-0.05, 0) is 26.2 Å². The van der Waals surface area contributed by atoms with E-state index >= 15 is 0 Å². The zero-order chi connectivity index (χ0) is 11.3. The van der Waals surface area contributed by atoms with Gasteiger partial charge in [0.15, 0.2) is 0 Å². The number of hydrogen-bond donors (Lipinski definition) is 1. The number of hydrogen-bond acceptors (Lipinski definition) is 2. The highest BCUT2D eigenvalue weighted by molar-refractivity contribution is 9.10. The van der Waals surface area contributed by atoms with Crippen LogP contribution in [0, 0.1) is 5.82 Å². The third-order valence-electron chi connectivity index (χ3n) is 2.10. The number of nitrogens with zero attached hydrogens (tertiary/aromatic N) is 1. The summed E-state index contributed by atoms with van der Waals surface area (Å²) < 4.78 is 14.2. The standard InChI is InChI=1S/C11H16BrFN2/c1-15(2)7-6-14-8-9-10(12)4-3-5-11(9)13/h3-5,14H,6-8H2,1-2H3. The van der Waals surface area contributed by atoms with Gasteiger partial charge in [0.1, 0.15) is 5.82 Å². The number of likely N-dealkylation sites (N-methyl/N-ethyl adjacent to an activating group) is 1. The smallest absolute Gasteiger partial charge is 0.128 e. The minimum absolute atomic E-state index is 0.165. The summed E-state index contributed by atoms with van der Waals surface area (Å²) in [6, 6.07) is 5.03. The first-order valence-corrected chi connectivity index (χ1v) is 5.69. The van der Waals surface area contributed by atoms with Gasteiger partial charge in [-0.25, -0.2) is 4.39 Å². The Morgan fingerprint density at radius 2 is 2.13 bits per heavy atom. The molecule has 1 N–H and O–H groups in total. The molecule has 1 rings (SSSR count). The maximum atomic E-state index is 13.4. The molecular formula is C11H16BrFN2. The monoisotopic (exact) mass is 274 g/mol. The van der Waals surface area contributed by atoms with E-state index in [1.807, 2.05) is 20.2 Å². The number of nitrogens with one attached hydrogen (secondary N) is 1. The Bertz CT molecular complexity index is 295. The minimum atomic E-state index is -0.165. The molecule has 0 spiro atoms. The first-order chi connectivity index (χ1) is 7.11. The molecule has 1 aromatic carbocycles. The molecule has 84 valence electrons. The van der Waals surface area contributed by atoms with Crippen LogP contribution in [-0.4, -0.2) is 32.1 Å². The SMILES string of the molecule is CN(C)CCNCc1c(F)cccc1Br. The minimum Gasteiger partial charge on any atom is -0.311 e. The van der Waals surface area contributed by atoms with Gasteiger partial charge >= 0.3 is 0 Å². The van der Waals surface area contributed by atoms with E-state index < -0.39 is 0 Å². The van der Waals surface area contributed by atoms with Crippen LogP contribution in [0.25, 0.3) is 0 Å². The van der Waals surface area contributed by atoms with Crippen molar-refractivity contribution in [2.75, 3.05) is 27.2 Å². The van der Waals surface area contributed by atoms with Gasteiger partial charge in [0, 0.05) is 29.7 Å². The zero-order valence-corrected chi connectivity index (χ0v) is 10.6. The van der Waals surface area contributed by atoms with Crippen LogP contribution < -0.4 is 5.32 Å². The third kappa shape index (κ3) is 4.28. The Hall–Kier alpha value is -0.450. The molecular weight excluding hydrogens is 259 g/mol. The van der Waals surface area contributed by atoms with Crippen LogP contribution in [0.5, 0.6) is 0 Å². The van der Waals surface area contributed by atoms with Gasteiger partial charge in [0.25, 0.3) is 0 Å². The van der Waals surface area contributed by atoms with Gasteiger partial charge < -0.3 is 10.2 Å². The molecule has 0 saturated heterocycles. The lowest BCUT2D eigenvalue weighted by atomic mass is 10.2. The Labute approximate surface area is 98.6 Å². The van der Waals surface area contributed by atoms with E-state index in [1.54, 1.807) is 6.07 Å². The molecule has 0 aromatic heterocycles. The summed E-state index contributed by atoms with van der Waals surface area (Å²) in [4.78, 5) is 2.09. The molecule has 15 heavy (non-hydrogen) atoms. The van der Waals surface area contributed by atoms with E-state index in [9.17, 15) is 4.39 Å². The summed E-state index contributed by atoms with van der Waals surface area (Å²) in [5.74, 6) is -0.165. The topological polar surface area (TPSA) is 15.3 Å². The zero-order valence-electron chi connectivity index (χ0n) is 9.06. The van der Waals surface area contributed by atoms with Crippen molar-refractivity contribution in [1.29, 1.82) is 0 Å². The summed E-state index contributed by atoms with van der Waals surface area (Å²) in [6.07, 6.45) is 0. The highest BCUT2D eigenvalue weighted by Crippen LogP contribution is 2.18. The molecule has 0 radical (unpaired) electrons. The highest BCUT2D eigenvalue weighted by atomic mass is 79.9. The van der Waals surface area contributed by atoms with Crippen LogP contribution in [0.4, 0.5) is 4.39 Å². The van der Waals surface area contributed by atoms with Crippen LogP contribution in [0.3, 0.4) is 0 Å². The van der Waals surface area contributed by atoms with E-state index in [0.717, 1.165) is 17.6 Å². The highest BCUT2D eigenvalue weighted by Gasteiger charge is 2.05. The second-order valence-electron chi connectivity index (χ2n) is 3.68. The molecule has 0 unspecified atom stereocenters. The Kier molecular flexibility index (Phi) is 5.22. The van der Waals surface area contributed by atoms with Crippen LogP contribution in [0.2, 0.25) is 0 Å². The summed E-state index contributed by atoms with van der Waals surface area (Å²) >= 11 is 3.34. The normalized spacial score (nSPS) is 11.0. The van der Waals surface area contributed by atoms with Crippen molar-refractivity contribution in [3.8, 4) is 0 Å². The van der Waals surface area contributed by atoms with Gasteiger partial charge in [-0.15, -0.1) is 0 Å². The van der Waals surface area contributed by atoms with Crippen molar-refractivity contribution in [3.05, 3.63) is 34.1 Å². The molecule has 1 aromatic rings. The molecule has 4 heteroatoms. The number of rotatable bonds is 5. The predicted octanol–water partition coefficient (Wildman–Crippen LogP) is 2.24. The molecule has 0 amide bonds. The molecule has 0 aliphatic heterocycles. The fourth-order valence-electron chi connectivity index (χ4n) is 1.22. The summed E-state index contributed by atoms with van der Waals surface area (Å²) in [5.41, 5.74) is 0.691. The first kappa shape index (κ1) is 12.6. The van der Waals surface area contributed by atoms with Crippen molar-refractivity contribution in [1.82, 2.24) is 10.2 Å². The fourth-order valence-corrected chi connectivity index (χ4v) is 1.70. The number of benzene rings is 1. The van der Waals surface area contributed by atoms with E-state index in [-0.39, 0.29) is 5.82 Å². The Balaban J connectivity index is 2.43. The Morgan fingerprint density at radius 1 is 1.40 bits per heavy atom. The summed E-state index contributed by atoms with van der Waals surface area (Å²) in [6.45, 7) is 2.36. The van der Waals surface area contributed by atoms with Gasteiger partial charge in [-0.2, -0.15) is 0 Å². The molecule has 0 heterocycles. The maximum absolute atomic E-state index is 13.4. The van der Waals surface area contributed by atoms with E-state index in [0.29, 0.717) is 12.1 Å². The molecule has 0 aliphatic rings. The molecule has 0 aliphatic carbocycles. The summed E-state index contributed by atoms with van der Waals surface area (Å²) in [7, 11) is 4.03. The molecule has 2 nitrogen and oxygen atoms in total. The van der Waals surface area contributed by atoms with Gasteiger partial charge in [0.2, 0.25) is 0 Å². The first-order valence-electron chi connectivity index (χ1n) is 4.89. The third-order valence-corrected chi connectivity index (χ3v) is 2.84. The van der Waals surface area contributed by atoms with Crippen molar-refractivity contribution in [2.24, 2.45) is 0 Å². The van der Waals surface area contributed by atoms with Crippen molar-refractivity contribution in [2.45, 2.75) is 6.54 Å². The molecule has 0 bridgehead atoms. The fraction of sp³-hybridized carbons (Fsp3) is 0.455. The van der Waals surface area contributed by atoms with Gasteiger partial charge in [-0.3, -0.25) is 0 Å². The molecule has 0 fully saturated rings. The lowest BCUT2D eigenvalue weighted by Crippen LogP contribution is -2.26. The maximum Gasteiger partial charge on any atom is 0.128 e. The quantitative estimate of drug-likeness (QED) is 0.829. The number of halogens is 2. The van der Waals surface area contributed by atoms with Crippen LogP contribution in [0.1, 0.15) is 5.56 Å². The van der Waals surface area contributed by atoms with Crippen molar-refractivity contribution >= 4 is 15.9 Å². The van der Waals surface area contributed by atoms with E-state index in [2.05, 4.69) is 26.1 Å². The lowest BCUT2D eigenvalue weighted by Gasteiger charge is -2.11. The van der Waals surface area contributed by atoms with E-state index in [4.69, 9.17) is 0 Å². The van der Waals surface area contributed by atoms with Crippen LogP contribution in [-0.2, 0) is 6.54 Å². The predicted molar refractivity (Wildman–Crippen MR) is 64.4 cm³/mol. The second-order valence-corrected chi connectivity index (χ2v) is 4.53. The van der Waals surface area contributed by atoms with Crippen LogP contribution in [0.15, 0.2) is 22.7 Å². The van der Waals surface area contributed by atoms with Crippen molar-refractivity contribution < 1.29 is 4.39 Å². The van der Waals surface area contributed by atoms with Gasteiger partial charge in [-0.1, -0.05) is 22.0 Å². The molecule has 0 atom stereocenters. The van der Waals surface area contributed by atoms with E-state index in [1.165, 1.54) is 6.07 Å². The summed E-state index contributed by atoms with van der Waals surface area (Å²) in [5, 5.41) is 3.20. The molecule has 0 saturated carbocycles. The second kappa shape index (κ2) is 6.20. The average molecular weight is 275 g/mol. The lowest BCUT2D eigenvalue weighted by molar-refractivity contribution is 0.399. The Morgan fingerprint density at radius 3 is 2.73 bits per heavy atom. The van der Waals surface area contributed by atoms with Crippen LogP contribution >= 0.6 is 15.9 Å².